The van der Waals surface area contributed by atoms with Gasteiger partial charge in [-0.25, -0.2) is 0 Å². The Balaban J connectivity index is 3.01. The Morgan fingerprint density at radius 2 is 2.50 bits per heavy atom. The molecular weight excluding hydrogens is 128 g/mol. The smallest absolute Gasteiger partial charge is 0.0715 e. The maximum absolute atomic E-state index is 8.78. The van der Waals surface area contributed by atoms with Crippen molar-refractivity contribution >= 4 is 0 Å². The molecule has 0 aliphatic rings. The van der Waals surface area contributed by atoms with Crippen molar-refractivity contribution in [2.75, 3.05) is 0 Å². The molecule has 0 aliphatic heterocycles. The van der Waals surface area contributed by atoms with E-state index in [0.717, 1.165) is 11.3 Å². The molecule has 0 aliphatic carbocycles. The molecule has 1 heterocycles. The third-order valence-corrected chi connectivity index (χ3v) is 1.56. The van der Waals surface area contributed by atoms with Crippen LogP contribution in [0.15, 0.2) is 6.20 Å². The van der Waals surface area contributed by atoms with E-state index in [1.807, 2.05) is 7.05 Å². The second-order valence-electron chi connectivity index (χ2n) is 2.15. The number of nitrogens with zero attached hydrogens (tertiary/aromatic N) is 2. The molecule has 0 unspecified atom stereocenters. The highest BCUT2D eigenvalue weighted by Crippen LogP contribution is 2.06. The van der Waals surface area contributed by atoms with Gasteiger partial charge >= 0.3 is 0 Å². The molecule has 0 amide bonds. The van der Waals surface area contributed by atoms with Gasteiger partial charge in [0.15, 0.2) is 0 Å². The molecular formula is C7H11N2O. The van der Waals surface area contributed by atoms with Crippen molar-refractivity contribution < 1.29 is 5.11 Å². The van der Waals surface area contributed by atoms with E-state index in [1.165, 1.54) is 0 Å². The zero-order chi connectivity index (χ0) is 7.56. The average molecular weight is 139 g/mol. The van der Waals surface area contributed by atoms with E-state index in [4.69, 9.17) is 5.11 Å². The van der Waals surface area contributed by atoms with Crippen LogP contribution in [0.2, 0.25) is 0 Å². The summed E-state index contributed by atoms with van der Waals surface area (Å²) >= 11 is 0. The maximum Gasteiger partial charge on any atom is 0.0715 e. The number of aliphatic hydroxyl groups is 1. The van der Waals surface area contributed by atoms with E-state index < -0.39 is 0 Å². The van der Waals surface area contributed by atoms with Crippen molar-refractivity contribution in [3.8, 4) is 0 Å². The number of aryl methyl sites for hydroxylation is 1. The third kappa shape index (κ3) is 1.04. The number of aromatic nitrogens is 2. The third-order valence-electron chi connectivity index (χ3n) is 1.56. The van der Waals surface area contributed by atoms with Crippen molar-refractivity contribution in [1.82, 2.24) is 9.78 Å². The van der Waals surface area contributed by atoms with Crippen LogP contribution in [0.4, 0.5) is 0 Å². The molecule has 1 radical (unpaired) electrons. The normalized spacial score (nSPS) is 10.3. The summed E-state index contributed by atoms with van der Waals surface area (Å²) in [5.41, 5.74) is 1.88. The molecule has 0 aromatic carbocycles. The van der Waals surface area contributed by atoms with Gasteiger partial charge in [-0.1, -0.05) is 0 Å². The number of hydrogen-bond donors (Lipinski definition) is 1. The molecule has 0 atom stereocenters. The highest BCUT2D eigenvalue weighted by atomic mass is 16.3. The van der Waals surface area contributed by atoms with Gasteiger partial charge in [0, 0.05) is 18.3 Å². The predicted octanol–water partition coefficient (Wildman–Crippen LogP) is 0.289. The molecule has 0 bridgehead atoms. The monoisotopic (exact) mass is 139 g/mol. The van der Waals surface area contributed by atoms with Gasteiger partial charge in [-0.3, -0.25) is 4.68 Å². The summed E-state index contributed by atoms with van der Waals surface area (Å²) in [5, 5.41) is 12.8. The van der Waals surface area contributed by atoms with Crippen LogP contribution in [0.25, 0.3) is 0 Å². The van der Waals surface area contributed by atoms with Gasteiger partial charge in [-0.05, 0) is 13.3 Å². The summed E-state index contributed by atoms with van der Waals surface area (Å²) in [7, 11) is 1.85. The minimum atomic E-state index is 0.0543. The lowest BCUT2D eigenvalue weighted by molar-refractivity contribution is 0.280. The molecule has 3 nitrogen and oxygen atoms in total. The molecule has 55 valence electrons. The maximum atomic E-state index is 8.78. The fraction of sp³-hybridized carbons (Fsp3) is 0.429. The lowest BCUT2D eigenvalue weighted by Gasteiger charge is -1.98. The van der Waals surface area contributed by atoms with Crippen molar-refractivity contribution in [1.29, 1.82) is 0 Å². The van der Waals surface area contributed by atoms with Gasteiger partial charge in [0.1, 0.15) is 0 Å². The Kier molecular flexibility index (Phi) is 2.06. The molecule has 1 aromatic rings. The van der Waals surface area contributed by atoms with Crippen molar-refractivity contribution in [3.63, 3.8) is 0 Å². The number of aliphatic hydroxyl groups excluding tert-OH is 1. The second-order valence-corrected chi connectivity index (χ2v) is 2.15. The molecule has 1 N–H and O–H groups in total. The van der Waals surface area contributed by atoms with Crippen LogP contribution in [-0.2, 0) is 20.1 Å². The van der Waals surface area contributed by atoms with Crippen LogP contribution < -0.4 is 0 Å². The van der Waals surface area contributed by atoms with Crippen LogP contribution in [-0.4, -0.2) is 14.9 Å². The first kappa shape index (κ1) is 7.28. The van der Waals surface area contributed by atoms with Gasteiger partial charge < -0.3 is 5.11 Å². The predicted molar refractivity (Wildman–Crippen MR) is 38.2 cm³/mol. The highest BCUT2D eigenvalue weighted by molar-refractivity contribution is 5.16. The zero-order valence-electron chi connectivity index (χ0n) is 6.04. The Morgan fingerprint density at radius 1 is 1.80 bits per heavy atom. The molecule has 3 heteroatoms. The number of hydrogen-bond acceptors (Lipinski definition) is 2. The average Bonchev–Trinajstić information content (AvgIpc) is 2.30. The van der Waals surface area contributed by atoms with Gasteiger partial charge in [0.25, 0.3) is 0 Å². The first-order valence-corrected chi connectivity index (χ1v) is 3.19. The molecule has 1 rings (SSSR count). The van der Waals surface area contributed by atoms with E-state index in [-0.39, 0.29) is 6.61 Å². The topological polar surface area (TPSA) is 38.1 Å². The van der Waals surface area contributed by atoms with Crippen molar-refractivity contribution in [2.45, 2.75) is 13.0 Å². The summed E-state index contributed by atoms with van der Waals surface area (Å²) in [6.45, 7) is 3.78. The molecule has 1 aromatic heterocycles. The van der Waals surface area contributed by atoms with Crippen molar-refractivity contribution in [3.05, 3.63) is 24.4 Å². The number of rotatable bonds is 2. The SMILES string of the molecule is [CH2]Cc1c(CO)cnn1C. The Hall–Kier alpha value is -0.830. The standard InChI is InChI=1S/C7H11N2O/c1-3-7-6(5-10)4-8-9(7)2/h4,10H,1,3,5H2,2H3. The van der Waals surface area contributed by atoms with Gasteiger partial charge in [0.2, 0.25) is 0 Å². The van der Waals surface area contributed by atoms with E-state index in [0.29, 0.717) is 6.42 Å². The van der Waals surface area contributed by atoms with Crippen molar-refractivity contribution in [2.24, 2.45) is 7.05 Å². The second kappa shape index (κ2) is 2.84. The van der Waals surface area contributed by atoms with Gasteiger partial charge in [0.05, 0.1) is 12.8 Å². The Labute approximate surface area is 60.3 Å². The Morgan fingerprint density at radius 3 is 2.90 bits per heavy atom. The van der Waals surface area contributed by atoms with Gasteiger partial charge in [-0.15, -0.1) is 0 Å². The van der Waals surface area contributed by atoms with E-state index in [2.05, 4.69) is 12.0 Å². The van der Waals surface area contributed by atoms with Crippen LogP contribution in [0.5, 0.6) is 0 Å². The quantitative estimate of drug-likeness (QED) is 0.639. The van der Waals surface area contributed by atoms with Crippen LogP contribution in [0, 0.1) is 6.92 Å². The first-order chi connectivity index (χ1) is 4.79. The van der Waals surface area contributed by atoms with E-state index in [1.54, 1.807) is 10.9 Å². The highest BCUT2D eigenvalue weighted by Gasteiger charge is 2.03. The molecule has 0 saturated heterocycles. The molecule has 0 spiro atoms. The molecule has 0 fully saturated rings. The largest absolute Gasteiger partial charge is 0.392 e. The summed E-state index contributed by atoms with van der Waals surface area (Å²) in [6.07, 6.45) is 2.34. The van der Waals surface area contributed by atoms with Crippen LogP contribution >= 0.6 is 0 Å². The minimum Gasteiger partial charge on any atom is -0.392 e. The van der Waals surface area contributed by atoms with E-state index >= 15 is 0 Å². The zero-order valence-corrected chi connectivity index (χ0v) is 6.04. The lowest BCUT2D eigenvalue weighted by atomic mass is 10.2. The Bertz CT molecular complexity index is 217. The van der Waals surface area contributed by atoms with Crippen LogP contribution in [0.1, 0.15) is 11.3 Å². The minimum absolute atomic E-state index is 0.0543. The summed E-state index contributed by atoms with van der Waals surface area (Å²) in [5.74, 6) is 0. The summed E-state index contributed by atoms with van der Waals surface area (Å²) in [6, 6.07) is 0. The summed E-state index contributed by atoms with van der Waals surface area (Å²) < 4.78 is 1.73. The lowest BCUT2D eigenvalue weighted by Crippen LogP contribution is -1.98. The molecule has 0 saturated carbocycles. The fourth-order valence-corrected chi connectivity index (χ4v) is 0.963. The van der Waals surface area contributed by atoms with Crippen LogP contribution in [0.3, 0.4) is 0 Å². The molecule has 10 heavy (non-hydrogen) atoms. The van der Waals surface area contributed by atoms with E-state index in [9.17, 15) is 0 Å². The first-order valence-electron chi connectivity index (χ1n) is 3.19. The summed E-state index contributed by atoms with van der Waals surface area (Å²) in [4.78, 5) is 0. The van der Waals surface area contributed by atoms with Gasteiger partial charge in [-0.2, -0.15) is 5.10 Å². The fourth-order valence-electron chi connectivity index (χ4n) is 0.963.